The zero-order valence-corrected chi connectivity index (χ0v) is 22.9. The van der Waals surface area contributed by atoms with Crippen molar-refractivity contribution >= 4 is 11.8 Å². The van der Waals surface area contributed by atoms with E-state index in [9.17, 15) is 9.59 Å². The van der Waals surface area contributed by atoms with Gasteiger partial charge in [0.2, 0.25) is 5.91 Å². The molecule has 1 aliphatic rings. The molecular weight excluding hydrogens is 474 g/mol. The number of hydrogen-bond donors (Lipinski definition) is 1. The molecule has 2 atom stereocenters. The van der Waals surface area contributed by atoms with Gasteiger partial charge in [-0.25, -0.2) is 0 Å². The molecule has 6 nitrogen and oxygen atoms in total. The number of nitrogens with one attached hydrogen (secondary N) is 1. The predicted octanol–water partition coefficient (Wildman–Crippen LogP) is 5.43. The Labute approximate surface area is 226 Å². The maximum Gasteiger partial charge on any atom is 0.261 e. The molecule has 2 amide bonds. The van der Waals surface area contributed by atoms with Crippen molar-refractivity contribution in [3.63, 3.8) is 0 Å². The average molecular weight is 514 g/mol. The third-order valence-corrected chi connectivity index (χ3v) is 6.99. The first-order valence-electron chi connectivity index (χ1n) is 13.7. The number of nitrogens with zero attached hydrogens (tertiary/aromatic N) is 2. The lowest BCUT2D eigenvalue weighted by Gasteiger charge is -2.38. The topological polar surface area (TPSA) is 71.5 Å². The summed E-state index contributed by atoms with van der Waals surface area (Å²) in [5, 5.41) is 2.99. The molecule has 0 saturated heterocycles. The summed E-state index contributed by atoms with van der Waals surface area (Å²) in [7, 11) is 0. The van der Waals surface area contributed by atoms with Gasteiger partial charge < -0.3 is 15.0 Å². The number of aryl methyl sites for hydroxylation is 1. The van der Waals surface area contributed by atoms with Crippen LogP contribution in [0.3, 0.4) is 0 Å². The maximum absolute atomic E-state index is 13.3. The van der Waals surface area contributed by atoms with Crippen molar-refractivity contribution in [2.45, 2.75) is 65.5 Å². The third-order valence-electron chi connectivity index (χ3n) is 6.99. The summed E-state index contributed by atoms with van der Waals surface area (Å²) in [4.78, 5) is 32.5. The van der Waals surface area contributed by atoms with Gasteiger partial charge in [-0.1, -0.05) is 62.7 Å². The monoisotopic (exact) mass is 513 g/mol. The van der Waals surface area contributed by atoms with Crippen molar-refractivity contribution < 1.29 is 14.3 Å². The van der Waals surface area contributed by atoms with Gasteiger partial charge in [-0.2, -0.15) is 0 Å². The molecule has 2 aromatic carbocycles. The van der Waals surface area contributed by atoms with Crippen LogP contribution in [0.25, 0.3) is 0 Å². The summed E-state index contributed by atoms with van der Waals surface area (Å²) in [6.45, 7) is 9.36. The second kappa shape index (κ2) is 12.7. The van der Waals surface area contributed by atoms with E-state index >= 15 is 0 Å². The number of carbonyl (C=O) groups is 2. The van der Waals surface area contributed by atoms with Gasteiger partial charge in [-0.15, -0.1) is 0 Å². The van der Waals surface area contributed by atoms with Crippen LogP contribution in [0.5, 0.6) is 5.75 Å². The van der Waals surface area contributed by atoms with Crippen LogP contribution < -0.4 is 10.1 Å². The second-order valence-electron chi connectivity index (χ2n) is 10.5. The van der Waals surface area contributed by atoms with Gasteiger partial charge >= 0.3 is 0 Å². The SMILES string of the molecule is CC[C@H](Oc1ccc2c(c1)[C@H](c1ccc(C)cc1)N(C(=O)CC(C)C)CC2)C(=O)NCCc1ccccn1. The Hall–Kier alpha value is -3.67. The summed E-state index contributed by atoms with van der Waals surface area (Å²) in [6.07, 6.45) is 3.69. The average Bonchev–Trinajstić information content (AvgIpc) is 2.91. The van der Waals surface area contributed by atoms with Crippen LogP contribution >= 0.6 is 0 Å². The van der Waals surface area contributed by atoms with Crippen LogP contribution in [0.2, 0.25) is 0 Å². The Morgan fingerprint density at radius 2 is 1.89 bits per heavy atom. The van der Waals surface area contributed by atoms with Crippen LogP contribution in [0, 0.1) is 12.8 Å². The zero-order chi connectivity index (χ0) is 27.1. The fraction of sp³-hybridized carbons (Fsp3) is 0.406. The minimum atomic E-state index is -0.600. The van der Waals surface area contributed by atoms with Crippen molar-refractivity contribution in [1.82, 2.24) is 15.2 Å². The van der Waals surface area contributed by atoms with E-state index in [0.717, 1.165) is 23.2 Å². The molecule has 3 aromatic rings. The van der Waals surface area contributed by atoms with Crippen LogP contribution in [0.1, 0.15) is 67.6 Å². The zero-order valence-electron chi connectivity index (χ0n) is 22.9. The van der Waals surface area contributed by atoms with Gasteiger partial charge in [0, 0.05) is 37.8 Å². The van der Waals surface area contributed by atoms with Gasteiger partial charge in [-0.3, -0.25) is 14.6 Å². The molecular formula is C32H39N3O3. The van der Waals surface area contributed by atoms with Gasteiger partial charge in [0.15, 0.2) is 6.10 Å². The lowest BCUT2D eigenvalue weighted by molar-refractivity contribution is -0.134. The van der Waals surface area contributed by atoms with Crippen molar-refractivity contribution in [2.75, 3.05) is 13.1 Å². The van der Waals surface area contributed by atoms with Crippen LogP contribution in [-0.4, -0.2) is 40.9 Å². The normalized spacial score (nSPS) is 15.6. The summed E-state index contributed by atoms with van der Waals surface area (Å²) in [5.41, 5.74) is 5.49. The Morgan fingerprint density at radius 3 is 2.58 bits per heavy atom. The van der Waals surface area contributed by atoms with Crippen molar-refractivity contribution in [3.8, 4) is 5.75 Å². The third kappa shape index (κ3) is 6.80. The number of carbonyl (C=O) groups excluding carboxylic acids is 2. The van der Waals surface area contributed by atoms with Crippen LogP contribution in [-0.2, 0) is 22.4 Å². The molecule has 0 bridgehead atoms. The Kier molecular flexibility index (Phi) is 9.16. The van der Waals surface area contributed by atoms with E-state index in [4.69, 9.17) is 4.74 Å². The highest BCUT2D eigenvalue weighted by molar-refractivity contribution is 5.81. The smallest absolute Gasteiger partial charge is 0.261 e. The number of fused-ring (bicyclic) bond motifs is 1. The van der Waals surface area contributed by atoms with Crippen molar-refractivity contribution in [2.24, 2.45) is 5.92 Å². The fourth-order valence-electron chi connectivity index (χ4n) is 4.97. The van der Waals surface area contributed by atoms with Crippen molar-refractivity contribution in [3.05, 3.63) is 94.8 Å². The van der Waals surface area contributed by atoms with E-state index in [1.807, 2.05) is 42.2 Å². The first-order chi connectivity index (χ1) is 18.4. The summed E-state index contributed by atoms with van der Waals surface area (Å²) in [6, 6.07) is 20.1. The molecule has 0 unspecified atom stereocenters. The van der Waals surface area contributed by atoms with Crippen LogP contribution in [0.15, 0.2) is 66.9 Å². The number of rotatable bonds is 10. The molecule has 6 heteroatoms. The highest BCUT2D eigenvalue weighted by Gasteiger charge is 2.33. The highest BCUT2D eigenvalue weighted by atomic mass is 16.5. The fourth-order valence-corrected chi connectivity index (χ4v) is 4.97. The first kappa shape index (κ1) is 27.4. The van der Waals surface area contributed by atoms with Gasteiger partial charge in [0.05, 0.1) is 6.04 Å². The largest absolute Gasteiger partial charge is 0.481 e. The van der Waals surface area contributed by atoms with E-state index < -0.39 is 6.10 Å². The molecule has 0 spiro atoms. The van der Waals surface area contributed by atoms with E-state index in [0.29, 0.717) is 44.0 Å². The van der Waals surface area contributed by atoms with E-state index in [-0.39, 0.29) is 17.9 Å². The molecule has 0 aliphatic carbocycles. The van der Waals surface area contributed by atoms with Gasteiger partial charge in [0.25, 0.3) is 5.91 Å². The predicted molar refractivity (Wildman–Crippen MR) is 150 cm³/mol. The quantitative estimate of drug-likeness (QED) is 0.393. The maximum atomic E-state index is 13.3. The van der Waals surface area contributed by atoms with E-state index in [1.165, 1.54) is 11.1 Å². The summed E-state index contributed by atoms with van der Waals surface area (Å²) in [5.74, 6) is 0.968. The van der Waals surface area contributed by atoms with Gasteiger partial charge in [0.1, 0.15) is 5.75 Å². The number of pyridine rings is 1. The van der Waals surface area contributed by atoms with E-state index in [1.54, 1.807) is 6.20 Å². The standard InChI is InChI=1S/C32H39N3O3/c1-5-29(32(37)34-18-15-26-8-6-7-17-33-26)38-27-14-13-24-16-19-35(30(36)20-22(2)3)31(28(24)21-27)25-11-9-23(4)10-12-25/h6-14,17,21-22,29,31H,5,15-16,18-20H2,1-4H3,(H,34,37)/t29-,31-/m0/s1. The molecule has 1 aliphatic heterocycles. The number of amides is 2. The minimum absolute atomic E-state index is 0.134. The molecule has 0 saturated carbocycles. The Morgan fingerprint density at radius 1 is 1.11 bits per heavy atom. The molecule has 0 radical (unpaired) electrons. The first-order valence-corrected chi connectivity index (χ1v) is 13.7. The molecule has 200 valence electrons. The number of ether oxygens (including phenoxy) is 1. The summed E-state index contributed by atoms with van der Waals surface area (Å²) < 4.78 is 6.23. The lowest BCUT2D eigenvalue weighted by Crippen LogP contribution is -2.41. The molecule has 1 aromatic heterocycles. The molecule has 38 heavy (non-hydrogen) atoms. The van der Waals surface area contributed by atoms with Crippen molar-refractivity contribution in [1.29, 1.82) is 0 Å². The van der Waals surface area contributed by atoms with Crippen LogP contribution in [0.4, 0.5) is 0 Å². The number of benzene rings is 2. The molecule has 0 fully saturated rings. The van der Waals surface area contributed by atoms with Gasteiger partial charge in [-0.05, 0) is 66.6 Å². The Bertz CT molecular complexity index is 1220. The summed E-state index contributed by atoms with van der Waals surface area (Å²) >= 11 is 0. The molecule has 1 N–H and O–H groups in total. The minimum Gasteiger partial charge on any atom is -0.481 e. The molecule has 2 heterocycles. The Balaban J connectivity index is 1.54. The van der Waals surface area contributed by atoms with E-state index in [2.05, 4.69) is 61.4 Å². The highest BCUT2D eigenvalue weighted by Crippen LogP contribution is 2.38. The number of aromatic nitrogens is 1. The number of hydrogen-bond acceptors (Lipinski definition) is 4. The second-order valence-corrected chi connectivity index (χ2v) is 10.5. The molecule has 4 rings (SSSR count). The lowest BCUT2D eigenvalue weighted by atomic mass is 9.87.